The van der Waals surface area contributed by atoms with Crippen LogP contribution in [0, 0.1) is 0 Å². The first-order valence-corrected chi connectivity index (χ1v) is 12.6. The lowest BCUT2D eigenvalue weighted by Gasteiger charge is -2.35. The van der Waals surface area contributed by atoms with Crippen molar-refractivity contribution in [3.63, 3.8) is 0 Å². The number of aromatic amines is 1. The molecule has 40 heavy (non-hydrogen) atoms. The number of oxazole rings is 1. The van der Waals surface area contributed by atoms with Gasteiger partial charge in [0.25, 0.3) is 0 Å². The molecule has 0 saturated heterocycles. The van der Waals surface area contributed by atoms with E-state index in [0.717, 1.165) is 16.6 Å². The van der Waals surface area contributed by atoms with Crippen LogP contribution in [0.5, 0.6) is 0 Å². The molecule has 12 heteroatoms. The summed E-state index contributed by atoms with van der Waals surface area (Å²) in [7, 11) is 0. The summed E-state index contributed by atoms with van der Waals surface area (Å²) in [5.41, 5.74) is 1.97. The fraction of sp³-hybridized carbons (Fsp3) is 0.0714. The van der Waals surface area contributed by atoms with Gasteiger partial charge in [-0.15, -0.1) is 0 Å². The van der Waals surface area contributed by atoms with Crippen LogP contribution in [0.2, 0.25) is 0 Å². The molecule has 0 aliphatic carbocycles. The van der Waals surface area contributed by atoms with E-state index in [1.807, 2.05) is 84.9 Å². The maximum atomic E-state index is 5.90. The van der Waals surface area contributed by atoms with E-state index in [9.17, 15) is 0 Å². The fourth-order valence-corrected chi connectivity index (χ4v) is 5.17. The molecule has 12 nitrogen and oxygen atoms in total. The average Bonchev–Trinajstić information content (AvgIpc) is 3.73. The van der Waals surface area contributed by atoms with E-state index in [1.54, 1.807) is 12.4 Å². The van der Waals surface area contributed by atoms with E-state index in [4.69, 9.17) is 19.4 Å². The van der Waals surface area contributed by atoms with Gasteiger partial charge in [0.05, 0.1) is 22.4 Å². The number of aromatic nitrogens is 5. The second-order valence-corrected chi connectivity index (χ2v) is 9.36. The summed E-state index contributed by atoms with van der Waals surface area (Å²) in [5.74, 6) is 1.36. The standard InChI is InChI=1S/C28H21N11O/c1-2-10-18-17(9-1)31-23(32-18)34-24-36-27(21-13-5-7-15-29-21)28(37-24,22-14-6-8-16-30-22)39-25(38-27)35-26-33-19-11-3-4-12-20(19)40-26/h1-16H,(H2,33,35,38,39)(H3,31,32,34,36,37). The molecule has 194 valence electrons. The van der Waals surface area contributed by atoms with Crippen molar-refractivity contribution in [3.05, 3.63) is 109 Å². The zero-order valence-electron chi connectivity index (χ0n) is 20.8. The number of para-hydroxylation sites is 4. The van der Waals surface area contributed by atoms with Gasteiger partial charge >= 0.3 is 6.01 Å². The number of rotatable bonds is 4. The monoisotopic (exact) mass is 527 g/mol. The quantitative estimate of drug-likeness (QED) is 0.231. The van der Waals surface area contributed by atoms with E-state index >= 15 is 0 Å². The molecular formula is C28H21N11O. The molecule has 0 fully saturated rings. The molecule has 2 aliphatic heterocycles. The highest BCUT2D eigenvalue weighted by Crippen LogP contribution is 2.48. The van der Waals surface area contributed by atoms with Crippen molar-refractivity contribution < 1.29 is 4.42 Å². The molecule has 8 rings (SSSR count). The topological polar surface area (TPSA) is 153 Å². The molecule has 0 bridgehead atoms. The smallest absolute Gasteiger partial charge is 0.302 e. The minimum Gasteiger partial charge on any atom is -0.423 e. The van der Waals surface area contributed by atoms with Gasteiger partial charge in [-0.05, 0) is 48.5 Å². The predicted octanol–water partition coefficient (Wildman–Crippen LogP) is 3.64. The summed E-state index contributed by atoms with van der Waals surface area (Å²) in [4.78, 5) is 32.0. The first-order valence-electron chi connectivity index (χ1n) is 12.6. The lowest BCUT2D eigenvalue weighted by molar-refractivity contribution is 0.222. The van der Waals surface area contributed by atoms with Gasteiger partial charge in [0.1, 0.15) is 5.52 Å². The van der Waals surface area contributed by atoms with E-state index in [2.05, 4.69) is 41.2 Å². The van der Waals surface area contributed by atoms with E-state index in [1.165, 1.54) is 0 Å². The zero-order valence-corrected chi connectivity index (χ0v) is 20.8. The first-order chi connectivity index (χ1) is 19.7. The van der Waals surface area contributed by atoms with Crippen molar-refractivity contribution in [2.24, 2.45) is 9.98 Å². The third kappa shape index (κ3) is 3.32. The zero-order chi connectivity index (χ0) is 26.6. The maximum absolute atomic E-state index is 5.90. The molecule has 4 aromatic heterocycles. The van der Waals surface area contributed by atoms with Crippen molar-refractivity contribution in [1.29, 1.82) is 0 Å². The number of aliphatic imine (C=N–C) groups is 2. The van der Waals surface area contributed by atoms with E-state index < -0.39 is 11.3 Å². The molecule has 6 heterocycles. The predicted molar refractivity (Wildman–Crippen MR) is 150 cm³/mol. The third-order valence-corrected chi connectivity index (χ3v) is 6.90. The van der Waals surface area contributed by atoms with E-state index in [-0.39, 0.29) is 0 Å². The number of hydrogen-bond donors (Lipinski definition) is 5. The molecule has 6 aromatic rings. The Morgan fingerprint density at radius 1 is 0.650 bits per heavy atom. The lowest BCUT2D eigenvalue weighted by Crippen LogP contribution is -2.61. The molecule has 2 aromatic carbocycles. The van der Waals surface area contributed by atoms with Crippen LogP contribution in [0.4, 0.5) is 12.0 Å². The Morgan fingerprint density at radius 2 is 1.32 bits per heavy atom. The first kappa shape index (κ1) is 22.2. The lowest BCUT2D eigenvalue weighted by atomic mass is 9.88. The van der Waals surface area contributed by atoms with Gasteiger partial charge in [0, 0.05) is 12.4 Å². The second-order valence-electron chi connectivity index (χ2n) is 9.36. The number of imidazole rings is 1. The average molecular weight is 528 g/mol. The highest BCUT2D eigenvalue weighted by molar-refractivity contribution is 6.01. The Balaban J connectivity index is 1.26. The van der Waals surface area contributed by atoms with Crippen LogP contribution in [-0.4, -0.2) is 36.8 Å². The Hall–Kier alpha value is -5.78. The molecule has 5 N–H and O–H groups in total. The van der Waals surface area contributed by atoms with Crippen LogP contribution in [0.25, 0.3) is 22.1 Å². The van der Waals surface area contributed by atoms with Gasteiger partial charge in [-0.3, -0.25) is 20.6 Å². The number of H-pyrrole nitrogens is 1. The largest absolute Gasteiger partial charge is 0.423 e. The number of pyridine rings is 2. The van der Waals surface area contributed by atoms with Crippen molar-refractivity contribution in [1.82, 2.24) is 35.6 Å². The summed E-state index contributed by atoms with van der Waals surface area (Å²) in [6.45, 7) is 0. The molecule has 0 amide bonds. The SMILES string of the molecule is c1ccc(C23N=C(Nc4nc5ccccc5[nH]4)NC2(c2ccccn2)NC(Nc2nc4ccccc4o2)=N3)nc1. The summed E-state index contributed by atoms with van der Waals surface area (Å²) >= 11 is 0. The fourth-order valence-electron chi connectivity index (χ4n) is 5.17. The van der Waals surface area contributed by atoms with Gasteiger partial charge in [0.2, 0.25) is 29.2 Å². The van der Waals surface area contributed by atoms with Gasteiger partial charge in [-0.25, -0.2) is 15.0 Å². The summed E-state index contributed by atoms with van der Waals surface area (Å²) in [5, 5.41) is 13.5. The molecule has 2 atom stereocenters. The van der Waals surface area contributed by atoms with Crippen LogP contribution in [0.3, 0.4) is 0 Å². The molecule has 0 spiro atoms. The summed E-state index contributed by atoms with van der Waals surface area (Å²) < 4.78 is 5.90. The van der Waals surface area contributed by atoms with Crippen molar-refractivity contribution in [2.45, 2.75) is 11.3 Å². The second kappa shape index (κ2) is 8.36. The minimum atomic E-state index is -1.29. The number of hydrogen-bond acceptors (Lipinski definition) is 11. The Bertz CT molecular complexity index is 1770. The Labute approximate surface area is 226 Å². The van der Waals surface area contributed by atoms with Crippen LogP contribution in [-0.2, 0) is 11.3 Å². The molecule has 2 aliphatic rings. The van der Waals surface area contributed by atoms with E-state index in [0.29, 0.717) is 40.9 Å². The van der Waals surface area contributed by atoms with Crippen LogP contribution >= 0.6 is 0 Å². The van der Waals surface area contributed by atoms with Gasteiger partial charge in [-0.1, -0.05) is 36.4 Å². The minimum absolute atomic E-state index is 0.296. The number of nitrogens with zero attached hydrogens (tertiary/aromatic N) is 6. The number of nitrogens with one attached hydrogen (secondary N) is 5. The number of guanidine groups is 2. The summed E-state index contributed by atoms with van der Waals surface area (Å²) in [6.07, 6.45) is 3.45. The van der Waals surface area contributed by atoms with Crippen LogP contribution in [0.15, 0.2) is 112 Å². The summed E-state index contributed by atoms with van der Waals surface area (Å²) in [6, 6.07) is 27.0. The third-order valence-electron chi connectivity index (χ3n) is 6.90. The van der Waals surface area contributed by atoms with Crippen molar-refractivity contribution in [2.75, 3.05) is 10.6 Å². The number of benzene rings is 2. The molecule has 2 unspecified atom stereocenters. The maximum Gasteiger partial charge on any atom is 0.302 e. The van der Waals surface area contributed by atoms with Crippen LogP contribution in [0.1, 0.15) is 11.4 Å². The van der Waals surface area contributed by atoms with Crippen LogP contribution < -0.4 is 21.3 Å². The Kier molecular flexibility index (Phi) is 4.65. The van der Waals surface area contributed by atoms with Gasteiger partial charge in [0.15, 0.2) is 5.58 Å². The van der Waals surface area contributed by atoms with Gasteiger partial charge in [-0.2, -0.15) is 4.98 Å². The highest BCUT2D eigenvalue weighted by atomic mass is 16.4. The van der Waals surface area contributed by atoms with Crippen molar-refractivity contribution >= 4 is 46.0 Å². The highest BCUT2D eigenvalue weighted by Gasteiger charge is 2.65. The molecule has 0 radical (unpaired) electrons. The number of fused-ring (bicyclic) bond motifs is 3. The normalized spacial score (nSPS) is 21.4. The molecule has 0 saturated carbocycles. The number of anilines is 2. The van der Waals surface area contributed by atoms with Crippen molar-refractivity contribution in [3.8, 4) is 0 Å². The van der Waals surface area contributed by atoms with Gasteiger partial charge < -0.3 is 20.0 Å². The molecular weight excluding hydrogens is 506 g/mol. The Morgan fingerprint density at radius 3 is 2.05 bits per heavy atom.